The summed E-state index contributed by atoms with van der Waals surface area (Å²) in [6.45, 7) is 3.48. The molecule has 3 aromatic rings. The Kier molecular flexibility index (Phi) is 4.92. The maximum absolute atomic E-state index is 12.5. The van der Waals surface area contributed by atoms with Crippen LogP contribution in [0.25, 0.3) is 10.9 Å². The third kappa shape index (κ3) is 3.95. The predicted octanol–water partition coefficient (Wildman–Crippen LogP) is 2.42. The molecule has 1 aliphatic rings. The molecule has 4 rings (SSSR count). The zero-order valence-electron chi connectivity index (χ0n) is 15.6. The van der Waals surface area contributed by atoms with E-state index in [1.807, 2.05) is 19.1 Å². The lowest BCUT2D eigenvalue weighted by molar-refractivity contribution is 0.246. The van der Waals surface area contributed by atoms with Gasteiger partial charge in [0.2, 0.25) is 5.56 Å². The molecule has 0 saturated carbocycles. The average Bonchev–Trinajstić information content (AvgIpc) is 2.68. The molecule has 1 unspecified atom stereocenters. The van der Waals surface area contributed by atoms with Gasteiger partial charge in [-0.2, -0.15) is 0 Å². The highest BCUT2D eigenvalue weighted by Crippen LogP contribution is 2.20. The number of aryl methyl sites for hydroxylation is 1. The van der Waals surface area contributed by atoms with E-state index in [2.05, 4.69) is 30.5 Å². The van der Waals surface area contributed by atoms with Gasteiger partial charge in [0.1, 0.15) is 5.82 Å². The number of rotatable bonds is 3. The van der Waals surface area contributed by atoms with E-state index in [-0.39, 0.29) is 17.6 Å². The summed E-state index contributed by atoms with van der Waals surface area (Å²) in [4.78, 5) is 37.5. The normalized spacial score (nSPS) is 16.8. The zero-order valence-corrected chi connectivity index (χ0v) is 15.6. The maximum atomic E-state index is 12.5. The molecule has 8 nitrogen and oxygen atoms in total. The molecule has 2 amide bonds. The van der Waals surface area contributed by atoms with Crippen LogP contribution in [-0.4, -0.2) is 40.1 Å². The minimum absolute atomic E-state index is 0.0262. The van der Waals surface area contributed by atoms with E-state index in [0.717, 1.165) is 36.2 Å². The van der Waals surface area contributed by atoms with Gasteiger partial charge in [-0.15, -0.1) is 0 Å². The second-order valence-corrected chi connectivity index (χ2v) is 7.02. The number of nitrogens with one attached hydrogen (secondary N) is 3. The second kappa shape index (κ2) is 7.67. The number of carbonyl (C=O) groups is 1. The number of pyridine rings is 1. The number of anilines is 2. The van der Waals surface area contributed by atoms with Gasteiger partial charge in [0, 0.05) is 48.7 Å². The molecule has 1 aromatic carbocycles. The number of amides is 2. The van der Waals surface area contributed by atoms with Crippen molar-refractivity contribution in [3.63, 3.8) is 0 Å². The molecule has 1 fully saturated rings. The summed E-state index contributed by atoms with van der Waals surface area (Å²) in [5, 5.41) is 6.84. The number of urea groups is 1. The number of H-pyrrole nitrogens is 1. The summed E-state index contributed by atoms with van der Waals surface area (Å²) >= 11 is 0. The number of piperidine rings is 1. The third-order valence-corrected chi connectivity index (χ3v) is 4.94. The first kappa shape index (κ1) is 18.0. The topological polar surface area (TPSA) is 103 Å². The van der Waals surface area contributed by atoms with E-state index < -0.39 is 0 Å². The number of aromatic amines is 1. The summed E-state index contributed by atoms with van der Waals surface area (Å²) in [6.07, 6.45) is 6.94. The SMILES string of the molecule is Cc1cc(=O)[nH]c2cc(NC(=O)NC3CCCN(c4cnccn4)C3)ccc12. The lowest BCUT2D eigenvalue weighted by Gasteiger charge is -2.33. The predicted molar refractivity (Wildman–Crippen MR) is 109 cm³/mol. The van der Waals surface area contributed by atoms with Gasteiger partial charge < -0.3 is 20.5 Å². The number of benzene rings is 1. The van der Waals surface area contributed by atoms with Crippen LogP contribution in [0.5, 0.6) is 0 Å². The van der Waals surface area contributed by atoms with Gasteiger partial charge in [-0.1, -0.05) is 6.07 Å². The second-order valence-electron chi connectivity index (χ2n) is 7.02. The highest BCUT2D eigenvalue weighted by molar-refractivity contribution is 5.93. The summed E-state index contributed by atoms with van der Waals surface area (Å²) in [7, 11) is 0. The smallest absolute Gasteiger partial charge is 0.319 e. The maximum Gasteiger partial charge on any atom is 0.319 e. The minimum Gasteiger partial charge on any atom is -0.353 e. The molecule has 28 heavy (non-hydrogen) atoms. The van der Waals surface area contributed by atoms with Gasteiger partial charge in [0.15, 0.2) is 0 Å². The molecule has 2 aromatic heterocycles. The molecular formula is C20H22N6O2. The van der Waals surface area contributed by atoms with Crippen LogP contribution in [0.1, 0.15) is 18.4 Å². The Balaban J connectivity index is 1.41. The largest absolute Gasteiger partial charge is 0.353 e. The molecule has 3 N–H and O–H groups in total. The molecule has 1 aliphatic heterocycles. The molecule has 0 radical (unpaired) electrons. The molecule has 3 heterocycles. The van der Waals surface area contributed by atoms with Gasteiger partial charge in [-0.25, -0.2) is 9.78 Å². The zero-order chi connectivity index (χ0) is 19.5. The highest BCUT2D eigenvalue weighted by atomic mass is 16.2. The van der Waals surface area contributed by atoms with Gasteiger partial charge in [-0.05, 0) is 37.5 Å². The van der Waals surface area contributed by atoms with E-state index in [9.17, 15) is 9.59 Å². The Labute approximate surface area is 162 Å². The summed E-state index contributed by atoms with van der Waals surface area (Å²) in [5.41, 5.74) is 2.08. The molecular weight excluding hydrogens is 356 g/mol. The van der Waals surface area contributed by atoms with E-state index in [1.165, 1.54) is 0 Å². The quantitative estimate of drug-likeness (QED) is 0.649. The first-order valence-corrected chi connectivity index (χ1v) is 9.31. The Morgan fingerprint density at radius 1 is 1.29 bits per heavy atom. The van der Waals surface area contributed by atoms with Crippen LogP contribution in [0.15, 0.2) is 47.7 Å². The van der Waals surface area contributed by atoms with Gasteiger partial charge in [-0.3, -0.25) is 9.78 Å². The average molecular weight is 378 g/mol. The first-order valence-electron chi connectivity index (χ1n) is 9.31. The number of carbonyl (C=O) groups excluding carboxylic acids is 1. The fourth-order valence-corrected chi connectivity index (χ4v) is 3.62. The monoisotopic (exact) mass is 378 g/mol. The van der Waals surface area contributed by atoms with Crippen LogP contribution in [0.3, 0.4) is 0 Å². The Hall–Kier alpha value is -3.42. The number of hydrogen-bond acceptors (Lipinski definition) is 5. The Morgan fingerprint density at radius 2 is 2.18 bits per heavy atom. The summed E-state index contributed by atoms with van der Waals surface area (Å²) in [5.74, 6) is 0.822. The number of hydrogen-bond donors (Lipinski definition) is 3. The van der Waals surface area contributed by atoms with E-state index in [0.29, 0.717) is 17.7 Å². The molecule has 1 saturated heterocycles. The van der Waals surface area contributed by atoms with Crippen LogP contribution in [-0.2, 0) is 0 Å². The molecule has 0 bridgehead atoms. The van der Waals surface area contributed by atoms with E-state index >= 15 is 0 Å². The van der Waals surface area contributed by atoms with E-state index in [4.69, 9.17) is 0 Å². The highest BCUT2D eigenvalue weighted by Gasteiger charge is 2.22. The van der Waals surface area contributed by atoms with Crippen molar-refractivity contribution in [2.45, 2.75) is 25.8 Å². The number of aromatic nitrogens is 3. The van der Waals surface area contributed by atoms with Crippen molar-refractivity contribution in [3.05, 3.63) is 58.8 Å². The van der Waals surface area contributed by atoms with Gasteiger partial charge in [0.05, 0.1) is 11.7 Å². The standard InChI is InChI=1S/C20H22N6O2/c1-13-9-19(27)25-17-10-14(4-5-16(13)17)23-20(28)24-15-3-2-8-26(12-15)18-11-21-6-7-22-18/h4-7,9-11,15H,2-3,8,12H2,1H3,(H,25,27)(H2,23,24,28). The van der Waals surface area contributed by atoms with E-state index in [1.54, 1.807) is 30.7 Å². The van der Waals surface area contributed by atoms with Crippen molar-refractivity contribution in [1.29, 1.82) is 0 Å². The minimum atomic E-state index is -0.264. The van der Waals surface area contributed by atoms with Crippen molar-refractivity contribution in [1.82, 2.24) is 20.3 Å². The van der Waals surface area contributed by atoms with Crippen molar-refractivity contribution in [2.75, 3.05) is 23.3 Å². The van der Waals surface area contributed by atoms with Crippen molar-refractivity contribution >= 4 is 28.4 Å². The Morgan fingerprint density at radius 3 is 3.00 bits per heavy atom. The molecule has 8 heteroatoms. The Bertz CT molecular complexity index is 1050. The lowest BCUT2D eigenvalue weighted by atomic mass is 10.1. The molecule has 144 valence electrons. The van der Waals surface area contributed by atoms with Crippen molar-refractivity contribution < 1.29 is 4.79 Å². The molecule has 0 aliphatic carbocycles. The summed E-state index contributed by atoms with van der Waals surface area (Å²) < 4.78 is 0. The van der Waals surface area contributed by atoms with Crippen LogP contribution in [0.2, 0.25) is 0 Å². The van der Waals surface area contributed by atoms with Crippen LogP contribution in [0.4, 0.5) is 16.3 Å². The van der Waals surface area contributed by atoms with Gasteiger partial charge >= 0.3 is 6.03 Å². The third-order valence-electron chi connectivity index (χ3n) is 4.94. The van der Waals surface area contributed by atoms with Crippen LogP contribution in [0, 0.1) is 6.92 Å². The van der Waals surface area contributed by atoms with Crippen molar-refractivity contribution in [2.24, 2.45) is 0 Å². The molecule has 1 atom stereocenters. The number of fused-ring (bicyclic) bond motifs is 1. The van der Waals surface area contributed by atoms with Gasteiger partial charge in [0.25, 0.3) is 0 Å². The molecule has 0 spiro atoms. The fraction of sp³-hybridized carbons (Fsp3) is 0.300. The summed E-state index contributed by atoms with van der Waals surface area (Å²) in [6, 6.07) is 6.83. The number of nitrogens with zero attached hydrogens (tertiary/aromatic N) is 3. The van der Waals surface area contributed by atoms with Crippen LogP contribution < -0.4 is 21.1 Å². The lowest BCUT2D eigenvalue weighted by Crippen LogP contribution is -2.49. The fourth-order valence-electron chi connectivity index (χ4n) is 3.62. The first-order chi connectivity index (χ1) is 13.6. The van der Waals surface area contributed by atoms with Crippen LogP contribution >= 0.6 is 0 Å². The van der Waals surface area contributed by atoms with Crippen molar-refractivity contribution in [3.8, 4) is 0 Å².